The lowest BCUT2D eigenvalue weighted by atomic mass is 9.95. The molecule has 1 amide bonds. The van der Waals surface area contributed by atoms with Crippen LogP contribution in [0.1, 0.15) is 48.7 Å². The summed E-state index contributed by atoms with van der Waals surface area (Å²) in [6, 6.07) is 5.56. The summed E-state index contributed by atoms with van der Waals surface area (Å²) in [5.74, 6) is 1.36. The zero-order valence-electron chi connectivity index (χ0n) is 18.3. The number of thiophene rings is 1. The molecule has 32 heavy (non-hydrogen) atoms. The highest BCUT2D eigenvalue weighted by Crippen LogP contribution is 2.35. The molecule has 1 atom stereocenters. The number of hydrogen-bond acceptors (Lipinski definition) is 6. The van der Waals surface area contributed by atoms with Crippen LogP contribution >= 0.6 is 11.3 Å². The maximum atomic E-state index is 13.2. The number of nitrogens with one attached hydrogen (secondary N) is 1. The molecule has 7 nitrogen and oxygen atoms in total. The second-order valence-corrected chi connectivity index (χ2v) is 9.84. The quantitative estimate of drug-likeness (QED) is 0.638. The van der Waals surface area contributed by atoms with Gasteiger partial charge < -0.3 is 14.8 Å². The Kier molecular flexibility index (Phi) is 5.63. The van der Waals surface area contributed by atoms with E-state index in [0.29, 0.717) is 24.3 Å². The van der Waals surface area contributed by atoms with Crippen molar-refractivity contribution < 1.29 is 14.3 Å². The van der Waals surface area contributed by atoms with E-state index in [0.717, 1.165) is 47.4 Å². The van der Waals surface area contributed by atoms with Crippen LogP contribution in [0.25, 0.3) is 10.2 Å². The maximum absolute atomic E-state index is 13.2. The molecule has 0 radical (unpaired) electrons. The van der Waals surface area contributed by atoms with Gasteiger partial charge in [0.25, 0.3) is 5.56 Å². The van der Waals surface area contributed by atoms with E-state index in [1.165, 1.54) is 15.8 Å². The van der Waals surface area contributed by atoms with E-state index < -0.39 is 0 Å². The molecule has 2 aromatic heterocycles. The summed E-state index contributed by atoms with van der Waals surface area (Å²) in [7, 11) is 0. The van der Waals surface area contributed by atoms with E-state index in [1.807, 2.05) is 18.2 Å². The summed E-state index contributed by atoms with van der Waals surface area (Å²) in [5.41, 5.74) is 1.97. The van der Waals surface area contributed by atoms with Crippen LogP contribution in [0.15, 0.2) is 29.3 Å². The van der Waals surface area contributed by atoms with Gasteiger partial charge in [-0.05, 0) is 54.9 Å². The first kappa shape index (κ1) is 21.0. The molecule has 1 unspecified atom stereocenters. The summed E-state index contributed by atoms with van der Waals surface area (Å²) >= 11 is 1.62. The lowest BCUT2D eigenvalue weighted by Gasteiger charge is -2.25. The highest BCUT2D eigenvalue weighted by atomic mass is 32.1. The molecule has 8 heteroatoms. The van der Waals surface area contributed by atoms with E-state index >= 15 is 0 Å². The Bertz CT molecular complexity index is 1230. The predicted molar refractivity (Wildman–Crippen MR) is 124 cm³/mol. The highest BCUT2D eigenvalue weighted by molar-refractivity contribution is 7.18. The van der Waals surface area contributed by atoms with Crippen LogP contribution in [0.5, 0.6) is 11.5 Å². The molecular formula is C24H27N3O4S. The van der Waals surface area contributed by atoms with Crippen LogP contribution in [0.4, 0.5) is 0 Å². The third kappa shape index (κ3) is 3.88. The molecule has 1 aromatic carbocycles. The zero-order valence-corrected chi connectivity index (χ0v) is 19.2. The Morgan fingerprint density at radius 3 is 2.78 bits per heavy atom. The maximum Gasteiger partial charge on any atom is 0.262 e. The number of rotatable bonds is 5. The molecule has 1 aliphatic heterocycles. The van der Waals surface area contributed by atoms with Gasteiger partial charge in [0.1, 0.15) is 24.6 Å². The number of ether oxygens (including phenoxy) is 2. The fourth-order valence-electron chi connectivity index (χ4n) is 4.56. The number of benzene rings is 1. The number of hydrogen-bond donors (Lipinski definition) is 1. The summed E-state index contributed by atoms with van der Waals surface area (Å²) in [6.45, 7) is 5.11. The standard InChI is InChI=1S/C24H27N3O4S/c1-14(2)22(15-7-8-17-18(11-15)31-10-9-30-17)26-20(28)12-27-13-25-23-21(24(27)29)16-5-3-4-6-19(16)32-23/h7-8,11,13-14,22H,3-6,9-10,12H2,1-2H3,(H,26,28). The van der Waals surface area contributed by atoms with Crippen molar-refractivity contribution in [1.82, 2.24) is 14.9 Å². The van der Waals surface area contributed by atoms with Crippen molar-refractivity contribution in [2.75, 3.05) is 13.2 Å². The molecule has 5 rings (SSSR count). The molecule has 1 N–H and O–H groups in total. The van der Waals surface area contributed by atoms with Crippen LogP contribution < -0.4 is 20.3 Å². The van der Waals surface area contributed by atoms with Crippen molar-refractivity contribution in [1.29, 1.82) is 0 Å². The molecule has 0 fully saturated rings. The topological polar surface area (TPSA) is 82.5 Å². The minimum Gasteiger partial charge on any atom is -0.486 e. The summed E-state index contributed by atoms with van der Waals surface area (Å²) in [6.07, 6.45) is 5.69. The SMILES string of the molecule is CC(C)C(NC(=O)Cn1cnc2sc3c(c2c1=O)CCCC3)c1ccc2c(c1)OCCO2. The van der Waals surface area contributed by atoms with Gasteiger partial charge in [-0.25, -0.2) is 4.98 Å². The zero-order chi connectivity index (χ0) is 22.2. The average molecular weight is 454 g/mol. The van der Waals surface area contributed by atoms with Gasteiger partial charge in [-0.2, -0.15) is 0 Å². The summed E-state index contributed by atoms with van der Waals surface area (Å²) in [5, 5.41) is 3.80. The molecule has 2 aliphatic rings. The number of carbonyl (C=O) groups excluding carboxylic acids is 1. The average Bonchev–Trinajstić information content (AvgIpc) is 3.18. The molecule has 3 heterocycles. The van der Waals surface area contributed by atoms with Gasteiger partial charge in [-0.1, -0.05) is 19.9 Å². The lowest BCUT2D eigenvalue weighted by Crippen LogP contribution is -2.36. The minimum atomic E-state index is -0.217. The normalized spacial score (nSPS) is 16.1. The van der Waals surface area contributed by atoms with Crippen LogP contribution in [0.3, 0.4) is 0 Å². The van der Waals surface area contributed by atoms with Crippen molar-refractivity contribution >= 4 is 27.5 Å². The third-order valence-electron chi connectivity index (χ3n) is 6.16. The summed E-state index contributed by atoms with van der Waals surface area (Å²) in [4.78, 5) is 32.7. The Morgan fingerprint density at radius 2 is 1.97 bits per heavy atom. The van der Waals surface area contributed by atoms with Crippen LogP contribution in [0.2, 0.25) is 0 Å². The number of aromatic nitrogens is 2. The van der Waals surface area contributed by atoms with Crippen LogP contribution in [0, 0.1) is 5.92 Å². The first-order valence-corrected chi connectivity index (χ1v) is 12.0. The van der Waals surface area contributed by atoms with Gasteiger partial charge in [0, 0.05) is 4.88 Å². The molecule has 0 spiro atoms. The second-order valence-electron chi connectivity index (χ2n) is 8.76. The van der Waals surface area contributed by atoms with Crippen molar-refractivity contribution in [2.24, 2.45) is 5.92 Å². The van der Waals surface area contributed by atoms with Crippen molar-refractivity contribution in [3.63, 3.8) is 0 Å². The summed E-state index contributed by atoms with van der Waals surface area (Å²) < 4.78 is 12.7. The predicted octanol–water partition coefficient (Wildman–Crippen LogP) is 3.62. The first-order chi connectivity index (χ1) is 15.5. The van der Waals surface area contributed by atoms with Gasteiger partial charge >= 0.3 is 0 Å². The Labute approximate surface area is 190 Å². The van der Waals surface area contributed by atoms with Gasteiger partial charge in [0.2, 0.25) is 5.91 Å². The number of carbonyl (C=O) groups is 1. The molecular weight excluding hydrogens is 426 g/mol. The van der Waals surface area contributed by atoms with Gasteiger partial charge in [0.05, 0.1) is 17.8 Å². The Morgan fingerprint density at radius 1 is 1.19 bits per heavy atom. The van der Waals surface area contributed by atoms with Crippen molar-refractivity contribution in [2.45, 2.75) is 52.1 Å². The van der Waals surface area contributed by atoms with Crippen LogP contribution in [-0.4, -0.2) is 28.7 Å². The Balaban J connectivity index is 1.38. The monoisotopic (exact) mass is 453 g/mol. The fourth-order valence-corrected chi connectivity index (χ4v) is 5.78. The lowest BCUT2D eigenvalue weighted by molar-refractivity contribution is -0.122. The van der Waals surface area contributed by atoms with Crippen molar-refractivity contribution in [3.8, 4) is 11.5 Å². The number of aryl methyl sites for hydroxylation is 2. The third-order valence-corrected chi connectivity index (χ3v) is 7.36. The van der Waals surface area contributed by atoms with E-state index in [4.69, 9.17) is 9.47 Å². The number of nitrogens with zero attached hydrogens (tertiary/aromatic N) is 2. The van der Waals surface area contributed by atoms with E-state index in [-0.39, 0.29) is 30.0 Å². The van der Waals surface area contributed by atoms with Crippen LogP contribution in [-0.2, 0) is 24.2 Å². The van der Waals surface area contributed by atoms with Gasteiger partial charge in [0.15, 0.2) is 11.5 Å². The van der Waals surface area contributed by atoms with E-state index in [1.54, 1.807) is 11.3 Å². The number of amides is 1. The molecule has 0 saturated carbocycles. The second kappa shape index (κ2) is 8.58. The fraction of sp³-hybridized carbons (Fsp3) is 0.458. The molecule has 0 bridgehead atoms. The number of fused-ring (bicyclic) bond motifs is 4. The minimum absolute atomic E-state index is 0.0554. The van der Waals surface area contributed by atoms with Crippen molar-refractivity contribution in [3.05, 3.63) is 50.9 Å². The Hall–Kier alpha value is -2.87. The molecule has 3 aromatic rings. The highest BCUT2D eigenvalue weighted by Gasteiger charge is 2.23. The van der Waals surface area contributed by atoms with Gasteiger partial charge in [-0.3, -0.25) is 14.2 Å². The molecule has 0 saturated heterocycles. The smallest absolute Gasteiger partial charge is 0.262 e. The van der Waals surface area contributed by atoms with E-state index in [9.17, 15) is 9.59 Å². The largest absolute Gasteiger partial charge is 0.486 e. The van der Waals surface area contributed by atoms with E-state index in [2.05, 4.69) is 24.1 Å². The molecule has 1 aliphatic carbocycles. The molecule has 168 valence electrons. The van der Waals surface area contributed by atoms with Gasteiger partial charge in [-0.15, -0.1) is 11.3 Å². The first-order valence-electron chi connectivity index (χ1n) is 11.2.